The van der Waals surface area contributed by atoms with Gasteiger partial charge in [0.2, 0.25) is 0 Å². The molecule has 0 unspecified atom stereocenters. The predicted molar refractivity (Wildman–Crippen MR) is 81.9 cm³/mol. The lowest BCUT2D eigenvalue weighted by Crippen LogP contribution is -2.39. The van der Waals surface area contributed by atoms with Crippen LogP contribution in [0.3, 0.4) is 0 Å². The molecule has 1 aliphatic rings. The maximum Gasteiger partial charge on any atom is 0.171 e. The number of aromatic amines is 1. The highest BCUT2D eigenvalue weighted by atomic mass is 32.2. The van der Waals surface area contributed by atoms with Gasteiger partial charge in [0.25, 0.3) is 0 Å². The third-order valence-corrected chi connectivity index (χ3v) is 8.25. The summed E-state index contributed by atoms with van der Waals surface area (Å²) in [4.78, 5) is 11.3. The Morgan fingerprint density at radius 2 is 1.81 bits per heavy atom. The second kappa shape index (κ2) is 5.71. The zero-order valence-electron chi connectivity index (χ0n) is 11.9. The number of nitrogens with zero attached hydrogens (tertiary/aromatic N) is 2. The molecule has 1 saturated carbocycles. The number of rotatable bonds is 2. The quantitative estimate of drug-likeness (QED) is 0.862. The molecule has 1 aliphatic carbocycles. The summed E-state index contributed by atoms with van der Waals surface area (Å²) in [5.74, 6) is 0. The summed E-state index contributed by atoms with van der Waals surface area (Å²) in [6.45, 7) is 0. The van der Waals surface area contributed by atoms with E-state index in [1.54, 1.807) is 12.4 Å². The summed E-state index contributed by atoms with van der Waals surface area (Å²) in [5, 5.41) is 0.585. The molecular formula is C14H18AlN3O2S. The van der Waals surface area contributed by atoms with Gasteiger partial charge in [0.05, 0.1) is 10.3 Å². The highest BCUT2D eigenvalue weighted by molar-refractivity contribution is 7.94. The number of nitrogens with one attached hydrogen (secondary N) is 1. The first-order chi connectivity index (χ1) is 10.0. The van der Waals surface area contributed by atoms with Crippen molar-refractivity contribution in [3.63, 3.8) is 0 Å². The molecule has 0 aliphatic heterocycles. The molecule has 0 atom stereocenters. The first-order valence-corrected chi connectivity index (χ1v) is 9.41. The van der Waals surface area contributed by atoms with E-state index in [-0.39, 0.29) is 0 Å². The Bertz CT molecular complexity index is 734. The largest absolute Gasteiger partial charge is 0.345 e. The van der Waals surface area contributed by atoms with Crippen molar-refractivity contribution >= 4 is 37.2 Å². The van der Waals surface area contributed by atoms with Gasteiger partial charge in [-0.3, -0.25) is 0 Å². The Kier molecular flexibility index (Phi) is 4.08. The van der Waals surface area contributed by atoms with E-state index in [4.69, 9.17) is 0 Å². The van der Waals surface area contributed by atoms with E-state index in [0.29, 0.717) is 28.8 Å². The van der Waals surface area contributed by atoms with Gasteiger partial charge in [-0.15, -0.1) is 0 Å². The highest BCUT2D eigenvalue weighted by Gasteiger charge is 2.39. The Balaban J connectivity index is 2.06. The second-order valence-electron chi connectivity index (χ2n) is 5.77. The van der Waals surface area contributed by atoms with Gasteiger partial charge in [0.15, 0.2) is 26.1 Å². The molecule has 0 amide bonds. The Morgan fingerprint density at radius 3 is 2.52 bits per heavy atom. The summed E-state index contributed by atoms with van der Waals surface area (Å²) in [5.41, 5.74) is 0.572. The Labute approximate surface area is 132 Å². The third-order valence-electron chi connectivity index (χ3n) is 4.34. The van der Waals surface area contributed by atoms with Gasteiger partial charge in [-0.2, -0.15) is 0 Å². The first-order valence-electron chi connectivity index (χ1n) is 7.35. The predicted octanol–water partition coefficient (Wildman–Crippen LogP) is 2.34. The summed E-state index contributed by atoms with van der Waals surface area (Å²) < 4.78 is 25.5. The molecule has 2 radical (unpaired) electrons. The van der Waals surface area contributed by atoms with E-state index in [1.165, 1.54) is 12.7 Å². The van der Waals surface area contributed by atoms with Crippen molar-refractivity contribution in [1.29, 1.82) is 0 Å². The number of H-pyrrole nitrogens is 1. The molecule has 2 aromatic rings. The summed E-state index contributed by atoms with van der Waals surface area (Å²) in [7, 11) is -3.43. The Morgan fingerprint density at radius 1 is 1.14 bits per heavy atom. The summed E-state index contributed by atoms with van der Waals surface area (Å²) >= 11 is 2.64. The molecule has 0 saturated heterocycles. The van der Waals surface area contributed by atoms with Gasteiger partial charge < -0.3 is 4.98 Å². The van der Waals surface area contributed by atoms with Crippen LogP contribution in [0, 0.1) is 0 Å². The molecule has 0 spiro atoms. The van der Waals surface area contributed by atoms with Crippen LogP contribution in [0.5, 0.6) is 0 Å². The molecule has 0 bridgehead atoms. The SMILES string of the molecule is O=S(=O)(c1c[nH]c2ncncc12)[C]1([Al])CCCCCCC1. The van der Waals surface area contributed by atoms with E-state index in [0.717, 1.165) is 25.7 Å². The van der Waals surface area contributed by atoms with Crippen molar-refractivity contribution in [2.24, 2.45) is 0 Å². The molecule has 1 N–H and O–H groups in total. The van der Waals surface area contributed by atoms with Crippen LogP contribution in [-0.4, -0.2) is 43.3 Å². The van der Waals surface area contributed by atoms with E-state index in [2.05, 4.69) is 31.2 Å². The number of aromatic nitrogens is 3. The van der Waals surface area contributed by atoms with Crippen LogP contribution in [-0.2, 0) is 9.84 Å². The van der Waals surface area contributed by atoms with Crippen molar-refractivity contribution in [1.82, 2.24) is 15.0 Å². The van der Waals surface area contributed by atoms with Crippen LogP contribution in [0.1, 0.15) is 44.9 Å². The fourth-order valence-electron chi connectivity index (χ4n) is 3.05. The van der Waals surface area contributed by atoms with Gasteiger partial charge in [0.1, 0.15) is 12.0 Å². The zero-order valence-corrected chi connectivity index (χ0v) is 13.8. The summed E-state index contributed by atoms with van der Waals surface area (Å²) in [6.07, 6.45) is 11.3. The van der Waals surface area contributed by atoms with Crippen molar-refractivity contribution in [2.45, 2.75) is 53.5 Å². The fraction of sp³-hybridized carbons (Fsp3) is 0.571. The van der Waals surface area contributed by atoms with Gasteiger partial charge in [-0.05, 0) is 12.8 Å². The molecule has 3 rings (SSSR count). The molecular weight excluding hydrogens is 301 g/mol. The van der Waals surface area contributed by atoms with E-state index in [9.17, 15) is 8.42 Å². The van der Waals surface area contributed by atoms with Gasteiger partial charge >= 0.3 is 0 Å². The van der Waals surface area contributed by atoms with Crippen molar-refractivity contribution in [2.75, 3.05) is 0 Å². The normalized spacial score (nSPS) is 20.0. The number of hydrogen-bond donors (Lipinski definition) is 1. The molecule has 2 aromatic heterocycles. The lowest BCUT2D eigenvalue weighted by Gasteiger charge is -2.32. The average molecular weight is 319 g/mol. The minimum Gasteiger partial charge on any atom is -0.345 e. The second-order valence-corrected chi connectivity index (χ2v) is 9.56. The summed E-state index contributed by atoms with van der Waals surface area (Å²) in [6, 6.07) is 0. The topological polar surface area (TPSA) is 75.7 Å². The Hall–Kier alpha value is -0.898. The van der Waals surface area contributed by atoms with Gasteiger partial charge in [-0.25, -0.2) is 18.4 Å². The van der Waals surface area contributed by atoms with E-state index < -0.39 is 13.4 Å². The first kappa shape index (κ1) is 15.0. The molecule has 5 nitrogen and oxygen atoms in total. The van der Waals surface area contributed by atoms with Crippen LogP contribution < -0.4 is 0 Å². The van der Waals surface area contributed by atoms with Crippen LogP contribution in [0.25, 0.3) is 11.0 Å². The lowest BCUT2D eigenvalue weighted by molar-refractivity contribution is 0.462. The van der Waals surface area contributed by atoms with Crippen molar-refractivity contribution < 1.29 is 8.42 Å². The molecule has 7 heteroatoms. The smallest absolute Gasteiger partial charge is 0.171 e. The molecule has 21 heavy (non-hydrogen) atoms. The lowest BCUT2D eigenvalue weighted by atomic mass is 10.00. The number of fused-ring (bicyclic) bond motifs is 1. The van der Waals surface area contributed by atoms with Crippen molar-refractivity contribution in [3.8, 4) is 0 Å². The zero-order chi connectivity index (χ0) is 14.9. The number of hydrogen-bond acceptors (Lipinski definition) is 4. The standard InChI is InChI=1S/C14H18N3O2S.Al/c18-20(19,11-6-4-2-1-3-5-7-11)13-9-16-14-12(13)8-15-10-17-14;/h8-10H,1-7H2,(H,15,16,17);. The molecule has 2 heterocycles. The number of sulfone groups is 1. The van der Waals surface area contributed by atoms with Crippen LogP contribution >= 0.6 is 0 Å². The minimum absolute atomic E-state index is 0.327. The molecule has 110 valence electrons. The van der Waals surface area contributed by atoms with Gasteiger partial charge in [0, 0.05) is 16.0 Å². The molecule has 0 aromatic carbocycles. The van der Waals surface area contributed by atoms with E-state index >= 15 is 0 Å². The van der Waals surface area contributed by atoms with E-state index in [1.807, 2.05) is 0 Å². The average Bonchev–Trinajstić information content (AvgIpc) is 2.87. The van der Waals surface area contributed by atoms with Crippen LogP contribution in [0.4, 0.5) is 0 Å². The van der Waals surface area contributed by atoms with Gasteiger partial charge in [-0.1, -0.05) is 32.1 Å². The molecule has 1 fully saturated rings. The van der Waals surface area contributed by atoms with Crippen LogP contribution in [0.2, 0.25) is 0 Å². The maximum absolute atomic E-state index is 13.2. The fourth-order valence-corrected chi connectivity index (χ4v) is 5.76. The maximum atomic E-state index is 13.2. The van der Waals surface area contributed by atoms with Crippen molar-refractivity contribution in [3.05, 3.63) is 18.7 Å². The monoisotopic (exact) mass is 319 g/mol. The third kappa shape index (κ3) is 2.63. The highest BCUT2D eigenvalue weighted by Crippen LogP contribution is 2.36. The minimum atomic E-state index is -3.43. The van der Waals surface area contributed by atoms with Crippen LogP contribution in [0.15, 0.2) is 23.6 Å².